The van der Waals surface area contributed by atoms with Crippen molar-refractivity contribution < 1.29 is 0 Å². The number of aromatic nitrogens is 4. The SMILES string of the molecule is CCNC(c1cc(C)nnc1C)c1c(Br)cnn1C. The van der Waals surface area contributed by atoms with Gasteiger partial charge >= 0.3 is 0 Å². The third-order valence-corrected chi connectivity index (χ3v) is 3.68. The molecule has 0 aliphatic rings. The molecule has 0 amide bonds. The van der Waals surface area contributed by atoms with Crippen LogP contribution in [0.1, 0.15) is 35.6 Å². The Hall–Kier alpha value is -1.27. The van der Waals surface area contributed by atoms with E-state index in [0.29, 0.717) is 0 Å². The molecule has 0 saturated heterocycles. The molecule has 0 aliphatic heterocycles. The van der Waals surface area contributed by atoms with Crippen LogP contribution in [0.5, 0.6) is 0 Å². The molecular weight excluding hydrogens is 306 g/mol. The topological polar surface area (TPSA) is 55.6 Å². The lowest BCUT2D eigenvalue weighted by molar-refractivity contribution is 0.564. The Morgan fingerprint density at radius 2 is 2.11 bits per heavy atom. The van der Waals surface area contributed by atoms with Crippen molar-refractivity contribution in [1.82, 2.24) is 25.3 Å². The Morgan fingerprint density at radius 1 is 1.37 bits per heavy atom. The fourth-order valence-corrected chi connectivity index (χ4v) is 2.74. The van der Waals surface area contributed by atoms with Gasteiger partial charge in [0.25, 0.3) is 0 Å². The van der Waals surface area contributed by atoms with Gasteiger partial charge in [-0.1, -0.05) is 6.92 Å². The minimum absolute atomic E-state index is 0.0566. The second-order valence-corrected chi connectivity index (χ2v) is 5.37. The summed E-state index contributed by atoms with van der Waals surface area (Å²) in [7, 11) is 1.95. The average Bonchev–Trinajstić information content (AvgIpc) is 2.70. The van der Waals surface area contributed by atoms with Crippen LogP contribution in [0.15, 0.2) is 16.7 Å². The third-order valence-electron chi connectivity index (χ3n) is 3.07. The summed E-state index contributed by atoms with van der Waals surface area (Å²) in [6.45, 7) is 6.89. The van der Waals surface area contributed by atoms with Crippen LogP contribution < -0.4 is 5.32 Å². The van der Waals surface area contributed by atoms with E-state index >= 15 is 0 Å². The van der Waals surface area contributed by atoms with Gasteiger partial charge in [0, 0.05) is 12.6 Å². The zero-order valence-electron chi connectivity index (χ0n) is 11.6. The Labute approximate surface area is 121 Å². The molecule has 1 atom stereocenters. The first-order valence-electron chi connectivity index (χ1n) is 6.26. The highest BCUT2D eigenvalue weighted by atomic mass is 79.9. The normalized spacial score (nSPS) is 12.7. The Balaban J connectivity index is 2.54. The van der Waals surface area contributed by atoms with Gasteiger partial charge in [-0.3, -0.25) is 4.68 Å². The highest BCUT2D eigenvalue weighted by Crippen LogP contribution is 2.29. The van der Waals surface area contributed by atoms with Crippen LogP contribution in [0.2, 0.25) is 0 Å². The van der Waals surface area contributed by atoms with Crippen LogP contribution in [0.25, 0.3) is 0 Å². The van der Waals surface area contributed by atoms with Crippen molar-refractivity contribution in [3.8, 4) is 0 Å². The molecule has 102 valence electrons. The van der Waals surface area contributed by atoms with Crippen LogP contribution in [0.3, 0.4) is 0 Å². The molecular formula is C13H18BrN5. The first kappa shape index (κ1) is 14.1. The van der Waals surface area contributed by atoms with Gasteiger partial charge in [0.15, 0.2) is 0 Å². The molecule has 2 aromatic rings. The van der Waals surface area contributed by atoms with Crippen molar-refractivity contribution in [2.75, 3.05) is 6.54 Å². The van der Waals surface area contributed by atoms with Gasteiger partial charge in [-0.05, 0) is 42.4 Å². The average molecular weight is 324 g/mol. The van der Waals surface area contributed by atoms with E-state index in [1.807, 2.05) is 31.8 Å². The summed E-state index contributed by atoms with van der Waals surface area (Å²) in [6.07, 6.45) is 1.82. The summed E-state index contributed by atoms with van der Waals surface area (Å²) in [5.74, 6) is 0. The number of aryl methyl sites for hydroxylation is 3. The van der Waals surface area contributed by atoms with E-state index in [-0.39, 0.29) is 6.04 Å². The van der Waals surface area contributed by atoms with Gasteiger partial charge in [0.05, 0.1) is 33.8 Å². The standard InChI is InChI=1S/C13H18BrN5/c1-5-15-12(13-11(14)7-16-19(13)4)10-6-8(2)17-18-9(10)3/h6-7,12,15H,5H2,1-4H3. The minimum atomic E-state index is 0.0566. The molecule has 19 heavy (non-hydrogen) atoms. The van der Waals surface area contributed by atoms with Crippen LogP contribution in [0.4, 0.5) is 0 Å². The Morgan fingerprint density at radius 3 is 2.68 bits per heavy atom. The zero-order valence-corrected chi connectivity index (χ0v) is 13.2. The van der Waals surface area contributed by atoms with Gasteiger partial charge in [-0.15, -0.1) is 0 Å². The molecule has 0 aliphatic carbocycles. The van der Waals surface area contributed by atoms with E-state index in [9.17, 15) is 0 Å². The molecule has 6 heteroatoms. The fraction of sp³-hybridized carbons (Fsp3) is 0.462. The van der Waals surface area contributed by atoms with Crippen molar-refractivity contribution >= 4 is 15.9 Å². The molecule has 0 radical (unpaired) electrons. The predicted molar refractivity (Wildman–Crippen MR) is 77.9 cm³/mol. The van der Waals surface area contributed by atoms with E-state index < -0.39 is 0 Å². The maximum atomic E-state index is 4.29. The van der Waals surface area contributed by atoms with Crippen LogP contribution >= 0.6 is 15.9 Å². The first-order valence-corrected chi connectivity index (χ1v) is 7.05. The molecule has 2 heterocycles. The van der Waals surface area contributed by atoms with Crippen LogP contribution in [0, 0.1) is 13.8 Å². The van der Waals surface area contributed by atoms with Crippen LogP contribution in [-0.2, 0) is 7.05 Å². The molecule has 5 nitrogen and oxygen atoms in total. The van der Waals surface area contributed by atoms with E-state index in [1.54, 1.807) is 0 Å². The van der Waals surface area contributed by atoms with Crippen LogP contribution in [-0.4, -0.2) is 26.5 Å². The summed E-state index contributed by atoms with van der Waals surface area (Å²) < 4.78 is 2.88. The maximum absolute atomic E-state index is 4.29. The molecule has 1 N–H and O–H groups in total. The second kappa shape index (κ2) is 5.79. The molecule has 0 bridgehead atoms. The Kier molecular flexibility index (Phi) is 4.31. The lowest BCUT2D eigenvalue weighted by atomic mass is 10.0. The first-order chi connectivity index (χ1) is 9.04. The molecule has 0 spiro atoms. The lowest BCUT2D eigenvalue weighted by Crippen LogP contribution is -2.26. The summed E-state index contributed by atoms with van der Waals surface area (Å²) in [4.78, 5) is 0. The highest BCUT2D eigenvalue weighted by Gasteiger charge is 2.22. The molecule has 2 aromatic heterocycles. The van der Waals surface area contributed by atoms with E-state index in [1.165, 1.54) is 0 Å². The quantitative estimate of drug-likeness (QED) is 0.937. The van der Waals surface area contributed by atoms with Crippen molar-refractivity contribution in [3.05, 3.63) is 39.4 Å². The Bertz CT molecular complexity index is 559. The van der Waals surface area contributed by atoms with Gasteiger partial charge in [-0.2, -0.15) is 15.3 Å². The van der Waals surface area contributed by atoms with E-state index in [4.69, 9.17) is 0 Å². The fourth-order valence-electron chi connectivity index (χ4n) is 2.17. The zero-order chi connectivity index (χ0) is 14.0. The number of hydrogen-bond acceptors (Lipinski definition) is 4. The number of nitrogens with one attached hydrogen (secondary N) is 1. The molecule has 2 rings (SSSR count). The third kappa shape index (κ3) is 2.84. The molecule has 1 unspecified atom stereocenters. The van der Waals surface area contributed by atoms with E-state index in [0.717, 1.165) is 33.7 Å². The summed E-state index contributed by atoms with van der Waals surface area (Å²) >= 11 is 3.57. The van der Waals surface area contributed by atoms with Gasteiger partial charge in [0.1, 0.15) is 0 Å². The molecule has 0 fully saturated rings. The summed E-state index contributed by atoms with van der Waals surface area (Å²) in [5, 5.41) is 16.1. The largest absolute Gasteiger partial charge is 0.305 e. The molecule has 0 saturated carbocycles. The number of rotatable bonds is 4. The number of nitrogens with zero attached hydrogens (tertiary/aromatic N) is 4. The van der Waals surface area contributed by atoms with Gasteiger partial charge in [-0.25, -0.2) is 0 Å². The summed E-state index contributed by atoms with van der Waals surface area (Å²) in [6, 6.07) is 2.14. The van der Waals surface area contributed by atoms with Crippen molar-refractivity contribution in [2.45, 2.75) is 26.8 Å². The second-order valence-electron chi connectivity index (χ2n) is 4.52. The van der Waals surface area contributed by atoms with Gasteiger partial charge in [0.2, 0.25) is 0 Å². The number of hydrogen-bond donors (Lipinski definition) is 1. The smallest absolute Gasteiger partial charge is 0.0778 e. The van der Waals surface area contributed by atoms with E-state index in [2.05, 4.69) is 49.5 Å². The van der Waals surface area contributed by atoms with Crippen molar-refractivity contribution in [2.24, 2.45) is 7.05 Å². The highest BCUT2D eigenvalue weighted by molar-refractivity contribution is 9.10. The number of halogens is 1. The monoisotopic (exact) mass is 323 g/mol. The van der Waals surface area contributed by atoms with Crippen molar-refractivity contribution in [1.29, 1.82) is 0 Å². The minimum Gasteiger partial charge on any atom is -0.305 e. The van der Waals surface area contributed by atoms with Gasteiger partial charge < -0.3 is 5.32 Å². The lowest BCUT2D eigenvalue weighted by Gasteiger charge is -2.21. The summed E-state index contributed by atoms with van der Waals surface area (Å²) in [5.41, 5.74) is 4.09. The van der Waals surface area contributed by atoms with Crippen molar-refractivity contribution in [3.63, 3.8) is 0 Å². The predicted octanol–water partition coefficient (Wildman–Crippen LogP) is 2.29. The maximum Gasteiger partial charge on any atom is 0.0778 e. The molecule has 0 aromatic carbocycles.